The Morgan fingerprint density at radius 3 is 2.53 bits per heavy atom. The maximum atomic E-state index is 13.1. The predicted octanol–water partition coefficient (Wildman–Crippen LogP) is 2.31. The van der Waals surface area contributed by atoms with Crippen molar-refractivity contribution in [3.05, 3.63) is 42.0 Å². The molecule has 0 aliphatic rings. The normalized spacial score (nSPS) is 9.84. The van der Waals surface area contributed by atoms with Crippen molar-refractivity contribution in [3.8, 4) is 0 Å². The molecule has 2 amide bonds. The highest BCUT2D eigenvalue weighted by Crippen LogP contribution is 2.20. The molecule has 19 heavy (non-hydrogen) atoms. The van der Waals surface area contributed by atoms with Gasteiger partial charge in [0.15, 0.2) is 11.6 Å². The Morgan fingerprint density at radius 2 is 2.00 bits per heavy atom. The van der Waals surface area contributed by atoms with Gasteiger partial charge >= 0.3 is 12.0 Å². The standard InChI is InChI=1S/C12H12F2N2O3/c1-3-4-16(2)12(19)15-10-6-9(14)8(13)5-7(10)11(17)18/h3,5-6H,1,4H2,2H3,(H,15,19)(H,17,18). The molecule has 0 bridgehead atoms. The van der Waals surface area contributed by atoms with Crippen molar-refractivity contribution < 1.29 is 23.5 Å². The third kappa shape index (κ3) is 3.51. The van der Waals surface area contributed by atoms with E-state index in [0.29, 0.717) is 12.1 Å². The van der Waals surface area contributed by atoms with Crippen molar-refractivity contribution in [3.63, 3.8) is 0 Å². The quantitative estimate of drug-likeness (QED) is 0.825. The molecule has 2 N–H and O–H groups in total. The van der Waals surface area contributed by atoms with Gasteiger partial charge in [-0.1, -0.05) is 6.08 Å². The minimum absolute atomic E-state index is 0.220. The summed E-state index contributed by atoms with van der Waals surface area (Å²) in [6.45, 7) is 3.66. The van der Waals surface area contributed by atoms with Crippen LogP contribution in [-0.4, -0.2) is 35.6 Å². The van der Waals surface area contributed by atoms with Crippen LogP contribution < -0.4 is 5.32 Å². The number of carbonyl (C=O) groups excluding carboxylic acids is 1. The molecule has 0 saturated heterocycles. The van der Waals surface area contributed by atoms with Crippen LogP contribution in [0.5, 0.6) is 0 Å². The summed E-state index contributed by atoms with van der Waals surface area (Å²) in [5.74, 6) is -4.01. The second kappa shape index (κ2) is 5.94. The molecule has 0 spiro atoms. The number of anilines is 1. The number of aromatic carboxylic acids is 1. The predicted molar refractivity (Wildman–Crippen MR) is 65.2 cm³/mol. The number of carbonyl (C=O) groups is 2. The molecule has 0 aliphatic heterocycles. The molecular formula is C12H12F2N2O3. The summed E-state index contributed by atoms with van der Waals surface area (Å²) in [7, 11) is 1.44. The number of nitrogens with one attached hydrogen (secondary N) is 1. The number of amides is 2. The maximum absolute atomic E-state index is 13.1. The van der Waals surface area contributed by atoms with Gasteiger partial charge in [-0.15, -0.1) is 6.58 Å². The second-order valence-electron chi connectivity index (χ2n) is 3.72. The van der Waals surface area contributed by atoms with Gasteiger partial charge < -0.3 is 15.3 Å². The van der Waals surface area contributed by atoms with E-state index in [9.17, 15) is 18.4 Å². The van der Waals surface area contributed by atoms with Gasteiger partial charge in [0.25, 0.3) is 0 Å². The molecule has 102 valence electrons. The van der Waals surface area contributed by atoms with E-state index < -0.39 is 29.2 Å². The highest BCUT2D eigenvalue weighted by Gasteiger charge is 2.18. The SMILES string of the molecule is C=CCN(C)C(=O)Nc1cc(F)c(F)cc1C(=O)O. The fraction of sp³-hybridized carbons (Fsp3) is 0.167. The van der Waals surface area contributed by atoms with Crippen LogP contribution in [0.2, 0.25) is 0 Å². The highest BCUT2D eigenvalue weighted by molar-refractivity contribution is 6.00. The van der Waals surface area contributed by atoms with Gasteiger partial charge in [0.1, 0.15) is 0 Å². The number of likely N-dealkylation sites (N-methyl/N-ethyl adjacent to an activating group) is 1. The Morgan fingerprint density at radius 1 is 1.42 bits per heavy atom. The number of halogens is 2. The average molecular weight is 270 g/mol. The zero-order valence-corrected chi connectivity index (χ0v) is 10.1. The summed E-state index contributed by atoms with van der Waals surface area (Å²) in [6, 6.07) is 0.479. The van der Waals surface area contributed by atoms with Crippen molar-refractivity contribution in [2.45, 2.75) is 0 Å². The van der Waals surface area contributed by atoms with Gasteiger partial charge in [0.05, 0.1) is 11.3 Å². The van der Waals surface area contributed by atoms with E-state index in [-0.39, 0.29) is 12.2 Å². The number of urea groups is 1. The number of carboxylic acids is 1. The molecule has 0 unspecified atom stereocenters. The van der Waals surface area contributed by atoms with Gasteiger partial charge in [-0.05, 0) is 6.07 Å². The first-order valence-corrected chi connectivity index (χ1v) is 5.22. The van der Waals surface area contributed by atoms with Crippen LogP contribution in [0.3, 0.4) is 0 Å². The lowest BCUT2D eigenvalue weighted by Gasteiger charge is -2.17. The minimum Gasteiger partial charge on any atom is -0.478 e. The largest absolute Gasteiger partial charge is 0.478 e. The van der Waals surface area contributed by atoms with E-state index in [1.165, 1.54) is 18.0 Å². The molecule has 7 heteroatoms. The van der Waals surface area contributed by atoms with E-state index in [1.807, 2.05) is 0 Å². The number of rotatable bonds is 4. The van der Waals surface area contributed by atoms with Crippen LogP contribution in [0.1, 0.15) is 10.4 Å². The summed E-state index contributed by atoms with van der Waals surface area (Å²) in [4.78, 5) is 23.7. The first-order chi connectivity index (χ1) is 8.86. The van der Waals surface area contributed by atoms with Crippen molar-refractivity contribution in [2.24, 2.45) is 0 Å². The number of hydrogen-bond donors (Lipinski definition) is 2. The second-order valence-corrected chi connectivity index (χ2v) is 3.72. The summed E-state index contributed by atoms with van der Waals surface area (Å²) in [5, 5.41) is 11.1. The van der Waals surface area contributed by atoms with Crippen molar-refractivity contribution in [2.75, 3.05) is 18.9 Å². The zero-order valence-electron chi connectivity index (χ0n) is 10.1. The molecule has 1 aromatic rings. The monoisotopic (exact) mass is 270 g/mol. The Bertz CT molecular complexity index is 532. The lowest BCUT2D eigenvalue weighted by molar-refractivity contribution is 0.0697. The van der Waals surface area contributed by atoms with Gasteiger partial charge in [-0.25, -0.2) is 18.4 Å². The Balaban J connectivity index is 3.06. The molecule has 5 nitrogen and oxygen atoms in total. The topological polar surface area (TPSA) is 69.6 Å². The Hall–Kier alpha value is -2.44. The van der Waals surface area contributed by atoms with Crippen LogP contribution in [0.25, 0.3) is 0 Å². The third-order valence-electron chi connectivity index (χ3n) is 2.28. The van der Waals surface area contributed by atoms with Gasteiger partial charge in [-0.2, -0.15) is 0 Å². The van der Waals surface area contributed by atoms with Gasteiger partial charge in [0, 0.05) is 19.7 Å². The van der Waals surface area contributed by atoms with Crippen LogP contribution in [-0.2, 0) is 0 Å². The first-order valence-electron chi connectivity index (χ1n) is 5.22. The summed E-state index contributed by atoms with van der Waals surface area (Å²) >= 11 is 0. The van der Waals surface area contributed by atoms with E-state index in [2.05, 4.69) is 11.9 Å². The van der Waals surface area contributed by atoms with Crippen molar-refractivity contribution in [1.82, 2.24) is 4.90 Å². The van der Waals surface area contributed by atoms with Crippen molar-refractivity contribution >= 4 is 17.7 Å². The van der Waals surface area contributed by atoms with Crippen LogP contribution in [0.4, 0.5) is 19.3 Å². The van der Waals surface area contributed by atoms with E-state index >= 15 is 0 Å². The smallest absolute Gasteiger partial charge is 0.337 e. The molecule has 1 aromatic carbocycles. The Kier molecular flexibility index (Phi) is 4.57. The average Bonchev–Trinajstić information content (AvgIpc) is 2.33. The number of carboxylic acid groups (broad SMARTS) is 1. The fourth-order valence-corrected chi connectivity index (χ4v) is 1.31. The third-order valence-corrected chi connectivity index (χ3v) is 2.28. The summed E-state index contributed by atoms with van der Waals surface area (Å²) in [6.07, 6.45) is 1.46. The van der Waals surface area contributed by atoms with Crippen LogP contribution in [0.15, 0.2) is 24.8 Å². The van der Waals surface area contributed by atoms with E-state index in [0.717, 1.165) is 0 Å². The number of benzene rings is 1. The first kappa shape index (κ1) is 14.6. The minimum atomic E-state index is -1.47. The Labute approximate surface area is 108 Å². The molecule has 0 heterocycles. The highest BCUT2D eigenvalue weighted by atomic mass is 19.2. The van der Waals surface area contributed by atoms with Gasteiger partial charge in [-0.3, -0.25) is 0 Å². The van der Waals surface area contributed by atoms with Gasteiger partial charge in [0.2, 0.25) is 0 Å². The lowest BCUT2D eigenvalue weighted by Crippen LogP contribution is -2.32. The molecule has 0 radical (unpaired) electrons. The zero-order chi connectivity index (χ0) is 14.6. The molecule has 0 fully saturated rings. The molecular weight excluding hydrogens is 258 g/mol. The van der Waals surface area contributed by atoms with Crippen LogP contribution >= 0.6 is 0 Å². The fourth-order valence-electron chi connectivity index (χ4n) is 1.31. The van der Waals surface area contributed by atoms with E-state index in [1.54, 1.807) is 0 Å². The molecule has 0 aliphatic carbocycles. The number of nitrogens with zero attached hydrogens (tertiary/aromatic N) is 1. The summed E-state index contributed by atoms with van der Waals surface area (Å²) < 4.78 is 26.0. The molecule has 0 aromatic heterocycles. The molecule has 1 rings (SSSR count). The molecule has 0 saturated carbocycles. The lowest BCUT2D eigenvalue weighted by atomic mass is 10.1. The maximum Gasteiger partial charge on any atom is 0.337 e. The van der Waals surface area contributed by atoms with E-state index in [4.69, 9.17) is 5.11 Å². The summed E-state index contributed by atoms with van der Waals surface area (Å²) in [5.41, 5.74) is -0.841. The molecule has 0 atom stereocenters. The van der Waals surface area contributed by atoms with Crippen LogP contribution in [0, 0.1) is 11.6 Å². The van der Waals surface area contributed by atoms with Crippen molar-refractivity contribution in [1.29, 1.82) is 0 Å². The number of hydrogen-bond acceptors (Lipinski definition) is 2.